The highest BCUT2D eigenvalue weighted by Gasteiger charge is 2.40. The van der Waals surface area contributed by atoms with E-state index in [1.54, 1.807) is 0 Å². The fourth-order valence-electron chi connectivity index (χ4n) is 4.74. The molecular weight excluding hydrogens is 634 g/mol. The number of amides is 1. The standard InChI is InChI=1S/C24H25Br2N3O9/c1-33-19-15(25)13(23(30)28-5-8-29-6-3-27-4-7-29)11(17-21(19)37-9-35-17)12-14(24(31)32)16(26)20(34-2)22-18(12)36-10-38-22/h27H,3-10H2,1-2H3,(H,28,30)(H,31,32). The molecule has 14 heteroatoms. The van der Waals surface area contributed by atoms with E-state index in [0.717, 1.165) is 26.2 Å². The smallest absolute Gasteiger partial charge is 0.337 e. The highest BCUT2D eigenvalue weighted by atomic mass is 79.9. The van der Waals surface area contributed by atoms with Crippen molar-refractivity contribution in [1.29, 1.82) is 0 Å². The zero-order valence-electron chi connectivity index (χ0n) is 20.6. The van der Waals surface area contributed by atoms with Gasteiger partial charge in [0, 0.05) is 50.4 Å². The third-order valence-electron chi connectivity index (χ3n) is 6.45. The van der Waals surface area contributed by atoms with Gasteiger partial charge >= 0.3 is 5.97 Å². The number of nitrogens with zero attached hydrogens (tertiary/aromatic N) is 1. The van der Waals surface area contributed by atoms with Crippen molar-refractivity contribution in [1.82, 2.24) is 15.5 Å². The Labute approximate surface area is 234 Å². The largest absolute Gasteiger partial charge is 0.492 e. The summed E-state index contributed by atoms with van der Waals surface area (Å²) in [5.74, 6) is -0.676. The van der Waals surface area contributed by atoms with Crippen LogP contribution in [0.3, 0.4) is 0 Å². The molecule has 3 aliphatic heterocycles. The number of nitrogens with one attached hydrogen (secondary N) is 2. The zero-order chi connectivity index (χ0) is 27.0. The average molecular weight is 659 g/mol. The predicted molar refractivity (Wildman–Crippen MR) is 141 cm³/mol. The highest BCUT2D eigenvalue weighted by molar-refractivity contribution is 9.11. The SMILES string of the molecule is COc1c(Br)c(C(=O)O)c(-c2c3c(c(OC)c(Br)c2C(=O)NCCN2CCNCC2)OCO3)c2c1OCO2. The first-order chi connectivity index (χ1) is 18.4. The lowest BCUT2D eigenvalue weighted by atomic mass is 9.91. The molecule has 2 aromatic rings. The molecule has 204 valence electrons. The van der Waals surface area contributed by atoms with Crippen LogP contribution in [0.4, 0.5) is 0 Å². The minimum absolute atomic E-state index is 0.0787. The molecule has 3 N–H and O–H groups in total. The summed E-state index contributed by atoms with van der Waals surface area (Å²) < 4.78 is 34.2. The Morgan fingerprint density at radius 3 is 1.92 bits per heavy atom. The van der Waals surface area contributed by atoms with Crippen molar-refractivity contribution < 1.29 is 43.1 Å². The summed E-state index contributed by atoms with van der Waals surface area (Å²) in [6, 6.07) is 0. The number of carboxylic acids is 1. The van der Waals surface area contributed by atoms with Crippen LogP contribution in [0.2, 0.25) is 0 Å². The maximum atomic E-state index is 13.8. The third kappa shape index (κ3) is 4.48. The van der Waals surface area contributed by atoms with Crippen molar-refractivity contribution in [2.24, 2.45) is 0 Å². The lowest BCUT2D eigenvalue weighted by molar-refractivity contribution is 0.0695. The van der Waals surface area contributed by atoms with E-state index in [-0.39, 0.29) is 79.3 Å². The molecule has 0 radical (unpaired) electrons. The van der Waals surface area contributed by atoms with Crippen molar-refractivity contribution in [2.45, 2.75) is 0 Å². The number of fused-ring (bicyclic) bond motifs is 2. The van der Waals surface area contributed by atoms with Crippen molar-refractivity contribution in [3.8, 4) is 45.6 Å². The van der Waals surface area contributed by atoms with E-state index < -0.39 is 11.9 Å². The molecule has 3 aliphatic rings. The van der Waals surface area contributed by atoms with Crippen LogP contribution >= 0.6 is 31.9 Å². The Hall–Kier alpha value is -2.94. The quantitative estimate of drug-likeness (QED) is 0.386. The van der Waals surface area contributed by atoms with Gasteiger partial charge in [-0.15, -0.1) is 0 Å². The normalized spacial score (nSPS) is 15.9. The number of benzene rings is 2. The molecule has 38 heavy (non-hydrogen) atoms. The van der Waals surface area contributed by atoms with E-state index in [1.165, 1.54) is 14.2 Å². The van der Waals surface area contributed by atoms with Crippen LogP contribution in [0, 0.1) is 0 Å². The van der Waals surface area contributed by atoms with Crippen LogP contribution < -0.4 is 39.1 Å². The predicted octanol–water partition coefficient (Wildman–Crippen LogP) is 2.69. The number of aromatic carboxylic acids is 1. The Morgan fingerprint density at radius 2 is 1.39 bits per heavy atom. The minimum Gasteiger partial charge on any atom is -0.492 e. The number of methoxy groups -OCH3 is 2. The van der Waals surface area contributed by atoms with Crippen molar-refractivity contribution >= 4 is 43.7 Å². The topological polar surface area (TPSA) is 137 Å². The molecular formula is C24H25Br2N3O9. The van der Waals surface area contributed by atoms with Crippen molar-refractivity contribution in [3.05, 3.63) is 20.1 Å². The number of halogens is 2. The minimum atomic E-state index is -1.28. The molecule has 3 heterocycles. The van der Waals surface area contributed by atoms with E-state index in [9.17, 15) is 14.7 Å². The summed E-state index contributed by atoms with van der Waals surface area (Å²) in [6.07, 6.45) is 0. The molecule has 0 saturated carbocycles. The van der Waals surface area contributed by atoms with Gasteiger partial charge in [0.05, 0.1) is 34.3 Å². The van der Waals surface area contributed by atoms with E-state index in [0.29, 0.717) is 13.1 Å². The first kappa shape index (κ1) is 26.7. The van der Waals surface area contributed by atoms with Gasteiger partial charge in [-0.2, -0.15) is 0 Å². The van der Waals surface area contributed by atoms with Gasteiger partial charge in [-0.05, 0) is 31.9 Å². The molecule has 12 nitrogen and oxygen atoms in total. The molecule has 5 rings (SSSR count). The molecule has 1 saturated heterocycles. The van der Waals surface area contributed by atoms with Crippen molar-refractivity contribution in [3.63, 3.8) is 0 Å². The summed E-state index contributed by atoms with van der Waals surface area (Å²) in [4.78, 5) is 28.6. The van der Waals surface area contributed by atoms with E-state index in [1.807, 2.05) is 0 Å². The fourth-order valence-corrected chi connectivity index (χ4v) is 6.17. The number of rotatable bonds is 8. The second kappa shape index (κ2) is 11.0. The number of carbonyl (C=O) groups excluding carboxylic acids is 1. The maximum absolute atomic E-state index is 13.8. The van der Waals surface area contributed by atoms with Crippen molar-refractivity contribution in [2.75, 3.05) is 67.1 Å². The van der Waals surface area contributed by atoms with Gasteiger partial charge in [0.25, 0.3) is 5.91 Å². The number of carboxylic acid groups (broad SMARTS) is 1. The van der Waals surface area contributed by atoms with Crippen LogP contribution in [0.15, 0.2) is 8.95 Å². The van der Waals surface area contributed by atoms with E-state index in [4.69, 9.17) is 28.4 Å². The molecule has 0 unspecified atom stereocenters. The number of carbonyl (C=O) groups is 2. The van der Waals surface area contributed by atoms with E-state index >= 15 is 0 Å². The van der Waals surface area contributed by atoms with Crippen LogP contribution in [-0.4, -0.2) is 89.0 Å². The molecule has 0 atom stereocenters. The summed E-state index contributed by atoms with van der Waals surface area (Å²) in [5, 5.41) is 16.5. The van der Waals surface area contributed by atoms with Gasteiger partial charge in [0.1, 0.15) is 0 Å². The van der Waals surface area contributed by atoms with Gasteiger partial charge in [-0.25, -0.2) is 4.79 Å². The Morgan fingerprint density at radius 1 is 0.895 bits per heavy atom. The lowest BCUT2D eigenvalue weighted by Crippen LogP contribution is -2.46. The molecule has 0 aromatic heterocycles. The lowest BCUT2D eigenvalue weighted by Gasteiger charge is -2.27. The first-order valence-corrected chi connectivity index (χ1v) is 13.3. The molecule has 0 bridgehead atoms. The monoisotopic (exact) mass is 657 g/mol. The Bertz CT molecular complexity index is 1300. The van der Waals surface area contributed by atoms with E-state index in [2.05, 4.69) is 47.4 Å². The van der Waals surface area contributed by atoms with Crippen LogP contribution in [0.1, 0.15) is 20.7 Å². The molecule has 2 aromatic carbocycles. The van der Waals surface area contributed by atoms with Gasteiger partial charge in [0.15, 0.2) is 23.0 Å². The average Bonchev–Trinajstić information content (AvgIpc) is 3.58. The number of hydrogen-bond donors (Lipinski definition) is 3. The second-order valence-electron chi connectivity index (χ2n) is 8.48. The van der Waals surface area contributed by atoms with Crippen LogP contribution in [-0.2, 0) is 0 Å². The summed E-state index contributed by atoms with van der Waals surface area (Å²) in [7, 11) is 2.83. The Balaban J connectivity index is 1.70. The summed E-state index contributed by atoms with van der Waals surface area (Å²) in [6.45, 7) is 4.25. The zero-order valence-corrected chi connectivity index (χ0v) is 23.7. The first-order valence-electron chi connectivity index (χ1n) is 11.7. The number of piperazine rings is 1. The van der Waals surface area contributed by atoms with Crippen LogP contribution in [0.25, 0.3) is 11.1 Å². The summed E-state index contributed by atoms with van der Waals surface area (Å²) >= 11 is 6.86. The van der Waals surface area contributed by atoms with Gasteiger partial charge in [-0.1, -0.05) is 0 Å². The van der Waals surface area contributed by atoms with Crippen LogP contribution in [0.5, 0.6) is 34.5 Å². The molecule has 0 spiro atoms. The molecule has 0 aliphatic carbocycles. The van der Waals surface area contributed by atoms with Gasteiger partial charge < -0.3 is 44.2 Å². The molecule has 1 amide bonds. The second-order valence-corrected chi connectivity index (χ2v) is 10.1. The molecule has 1 fully saturated rings. The number of ether oxygens (including phenoxy) is 6. The maximum Gasteiger partial charge on any atom is 0.337 e. The third-order valence-corrected chi connectivity index (χ3v) is 7.97. The fraction of sp³-hybridized carbons (Fsp3) is 0.417. The van der Waals surface area contributed by atoms with Gasteiger partial charge in [0.2, 0.25) is 25.1 Å². The Kier molecular flexibility index (Phi) is 7.75. The number of hydrogen-bond acceptors (Lipinski definition) is 10. The van der Waals surface area contributed by atoms with Gasteiger partial charge in [-0.3, -0.25) is 9.69 Å². The summed E-state index contributed by atoms with van der Waals surface area (Å²) in [5.41, 5.74) is 0.141. The highest BCUT2D eigenvalue weighted by Crippen LogP contribution is 2.60.